The van der Waals surface area contributed by atoms with Crippen molar-refractivity contribution in [1.82, 2.24) is 10.2 Å². The number of alkyl halides is 2. The smallest absolute Gasteiger partial charge is 0.387 e. The third kappa shape index (κ3) is 6.81. The molecule has 0 aliphatic carbocycles. The maximum absolute atomic E-state index is 12.6. The van der Waals surface area contributed by atoms with Crippen molar-refractivity contribution in [3.63, 3.8) is 0 Å². The number of aliphatic imine (C=N–C) groups is 1. The van der Waals surface area contributed by atoms with E-state index in [9.17, 15) is 8.78 Å². The van der Waals surface area contributed by atoms with Gasteiger partial charge in [-0.2, -0.15) is 8.78 Å². The average Bonchev–Trinajstić information content (AvgIpc) is 3.26. The van der Waals surface area contributed by atoms with Crippen LogP contribution in [-0.4, -0.2) is 76.7 Å². The minimum atomic E-state index is -2.89. The highest BCUT2D eigenvalue weighted by Gasteiger charge is 2.32. The Labute approximate surface area is 193 Å². The van der Waals surface area contributed by atoms with E-state index in [1.807, 2.05) is 6.07 Å². The van der Waals surface area contributed by atoms with Crippen LogP contribution in [0.25, 0.3) is 0 Å². The van der Waals surface area contributed by atoms with E-state index in [-0.39, 0.29) is 47.7 Å². The van der Waals surface area contributed by atoms with Crippen molar-refractivity contribution in [3.8, 4) is 11.5 Å². The molecule has 2 heterocycles. The van der Waals surface area contributed by atoms with Crippen molar-refractivity contribution in [2.75, 3.05) is 47.0 Å². The van der Waals surface area contributed by atoms with Gasteiger partial charge in [-0.3, -0.25) is 4.99 Å². The lowest BCUT2D eigenvalue weighted by atomic mass is 10.1. The molecule has 2 saturated heterocycles. The summed E-state index contributed by atoms with van der Waals surface area (Å²) in [7, 11) is 3.17. The molecular weight excluding hydrogens is 511 g/mol. The normalized spacial score (nSPS) is 22.0. The third-order valence-corrected chi connectivity index (χ3v) is 5.13. The van der Waals surface area contributed by atoms with Gasteiger partial charge >= 0.3 is 6.61 Å². The van der Waals surface area contributed by atoms with Crippen LogP contribution in [0.15, 0.2) is 23.2 Å². The van der Waals surface area contributed by atoms with E-state index in [2.05, 4.69) is 19.9 Å². The number of hydrogen-bond donors (Lipinski definition) is 1. The molecular formula is C20H30F2IN3O4. The number of ether oxygens (including phenoxy) is 4. The second-order valence-corrected chi connectivity index (χ2v) is 6.99. The highest BCUT2D eigenvalue weighted by atomic mass is 127. The fourth-order valence-corrected chi connectivity index (χ4v) is 3.70. The third-order valence-electron chi connectivity index (χ3n) is 5.13. The topological polar surface area (TPSA) is 64.6 Å². The Morgan fingerprint density at radius 2 is 2.07 bits per heavy atom. The Kier molecular flexibility index (Phi) is 10.3. The maximum atomic E-state index is 12.6. The molecule has 0 aromatic heterocycles. The van der Waals surface area contributed by atoms with Gasteiger partial charge in [-0.1, -0.05) is 6.07 Å². The number of methoxy groups -OCH3 is 1. The van der Waals surface area contributed by atoms with Crippen LogP contribution in [0.2, 0.25) is 0 Å². The van der Waals surface area contributed by atoms with Crippen molar-refractivity contribution >= 4 is 29.9 Å². The summed E-state index contributed by atoms with van der Waals surface area (Å²) in [5, 5.41) is 3.35. The molecule has 0 spiro atoms. The van der Waals surface area contributed by atoms with Crippen molar-refractivity contribution in [3.05, 3.63) is 23.8 Å². The molecule has 0 bridgehead atoms. The van der Waals surface area contributed by atoms with E-state index in [0.717, 1.165) is 44.1 Å². The minimum absolute atomic E-state index is 0. The molecule has 2 aliphatic rings. The Bertz CT molecular complexity index is 690. The van der Waals surface area contributed by atoms with E-state index < -0.39 is 6.61 Å². The van der Waals surface area contributed by atoms with Crippen LogP contribution in [0, 0.1) is 0 Å². The van der Waals surface area contributed by atoms with Gasteiger partial charge < -0.3 is 29.2 Å². The second-order valence-electron chi connectivity index (χ2n) is 6.99. The van der Waals surface area contributed by atoms with Gasteiger partial charge in [-0.25, -0.2) is 0 Å². The first-order valence-electron chi connectivity index (χ1n) is 9.91. The Hall–Kier alpha value is -1.40. The molecule has 1 aromatic carbocycles. The number of hydrogen-bond acceptors (Lipinski definition) is 5. The molecule has 0 radical (unpaired) electrons. The van der Waals surface area contributed by atoms with Gasteiger partial charge in [0.05, 0.1) is 19.8 Å². The second kappa shape index (κ2) is 12.5. The zero-order valence-corrected chi connectivity index (χ0v) is 19.6. The van der Waals surface area contributed by atoms with Crippen molar-refractivity contribution in [2.24, 2.45) is 4.99 Å². The van der Waals surface area contributed by atoms with Crippen molar-refractivity contribution < 1.29 is 27.7 Å². The predicted molar refractivity (Wildman–Crippen MR) is 120 cm³/mol. The molecule has 3 rings (SSSR count). The largest absolute Gasteiger partial charge is 0.493 e. The molecule has 1 aromatic rings. The maximum Gasteiger partial charge on any atom is 0.387 e. The lowest BCUT2D eigenvalue weighted by Crippen LogP contribution is -2.53. The Morgan fingerprint density at radius 3 is 2.73 bits per heavy atom. The first kappa shape index (κ1) is 24.9. The van der Waals surface area contributed by atoms with Gasteiger partial charge in [0, 0.05) is 33.3 Å². The van der Waals surface area contributed by atoms with Crippen molar-refractivity contribution in [1.29, 1.82) is 0 Å². The van der Waals surface area contributed by atoms with E-state index in [1.165, 1.54) is 7.11 Å². The number of nitrogens with zero attached hydrogens (tertiary/aromatic N) is 2. The summed E-state index contributed by atoms with van der Waals surface area (Å²) in [6.45, 7) is 0.648. The summed E-state index contributed by atoms with van der Waals surface area (Å²) >= 11 is 0. The van der Waals surface area contributed by atoms with Gasteiger partial charge in [-0.05, 0) is 37.0 Å². The number of benzene rings is 1. The lowest BCUT2D eigenvalue weighted by molar-refractivity contribution is -0.0816. The molecule has 0 saturated carbocycles. The fourth-order valence-electron chi connectivity index (χ4n) is 3.70. The number of morpholine rings is 1. The molecule has 2 aliphatic heterocycles. The molecule has 7 nitrogen and oxygen atoms in total. The molecule has 2 unspecified atom stereocenters. The van der Waals surface area contributed by atoms with Crippen LogP contribution in [0.5, 0.6) is 11.5 Å². The van der Waals surface area contributed by atoms with Crippen LogP contribution in [0.3, 0.4) is 0 Å². The summed E-state index contributed by atoms with van der Waals surface area (Å²) in [4.78, 5) is 6.56. The van der Waals surface area contributed by atoms with E-state index in [4.69, 9.17) is 14.2 Å². The molecule has 0 amide bonds. The van der Waals surface area contributed by atoms with Crippen LogP contribution in [0.1, 0.15) is 18.4 Å². The summed E-state index contributed by atoms with van der Waals surface area (Å²) in [6.07, 6.45) is 2.95. The number of halogens is 3. The molecule has 1 N–H and O–H groups in total. The van der Waals surface area contributed by atoms with Crippen LogP contribution in [0.4, 0.5) is 8.78 Å². The van der Waals surface area contributed by atoms with Gasteiger partial charge in [0.1, 0.15) is 6.10 Å². The predicted octanol–water partition coefficient (Wildman–Crippen LogP) is 2.91. The van der Waals surface area contributed by atoms with Crippen LogP contribution < -0.4 is 14.8 Å². The molecule has 170 valence electrons. The molecule has 2 atom stereocenters. The van der Waals surface area contributed by atoms with Gasteiger partial charge in [0.15, 0.2) is 17.5 Å². The zero-order valence-electron chi connectivity index (χ0n) is 17.3. The fraction of sp³-hybridized carbons (Fsp3) is 0.650. The first-order chi connectivity index (χ1) is 14.1. The van der Waals surface area contributed by atoms with Gasteiger partial charge in [0.25, 0.3) is 0 Å². The molecule has 2 fully saturated rings. The Morgan fingerprint density at radius 1 is 1.27 bits per heavy atom. The lowest BCUT2D eigenvalue weighted by Gasteiger charge is -2.37. The average molecular weight is 541 g/mol. The summed E-state index contributed by atoms with van der Waals surface area (Å²) in [6, 6.07) is 5.05. The van der Waals surface area contributed by atoms with Gasteiger partial charge in [-0.15, -0.1) is 24.0 Å². The zero-order chi connectivity index (χ0) is 20.6. The number of rotatable bonds is 7. The summed E-state index contributed by atoms with van der Waals surface area (Å²) in [5.74, 6) is 1.12. The highest BCUT2D eigenvalue weighted by Crippen LogP contribution is 2.29. The monoisotopic (exact) mass is 541 g/mol. The van der Waals surface area contributed by atoms with Gasteiger partial charge in [0.2, 0.25) is 0 Å². The van der Waals surface area contributed by atoms with E-state index in [1.54, 1.807) is 19.2 Å². The SMILES string of the molecule is CN=C(NCCc1ccc(OC)c(OC(F)F)c1)N1CCOC(C2CCCO2)C1.I. The van der Waals surface area contributed by atoms with Crippen LogP contribution in [-0.2, 0) is 15.9 Å². The summed E-state index contributed by atoms with van der Waals surface area (Å²) < 4.78 is 46.5. The van der Waals surface area contributed by atoms with Crippen molar-refractivity contribution in [2.45, 2.75) is 38.1 Å². The molecule has 10 heteroatoms. The van der Waals surface area contributed by atoms with E-state index in [0.29, 0.717) is 19.6 Å². The first-order valence-corrected chi connectivity index (χ1v) is 9.91. The molecule has 30 heavy (non-hydrogen) atoms. The highest BCUT2D eigenvalue weighted by molar-refractivity contribution is 14.0. The summed E-state index contributed by atoms with van der Waals surface area (Å²) in [5.41, 5.74) is 0.864. The van der Waals surface area contributed by atoms with Crippen LogP contribution >= 0.6 is 24.0 Å². The standard InChI is InChI=1S/C20H29F2N3O4.HI/c1-23-20(25-9-11-28-18(13-25)16-4-3-10-27-16)24-8-7-14-5-6-15(26-2)17(12-14)29-19(21)22;/h5-6,12,16,18-19H,3-4,7-11,13H2,1-2H3,(H,23,24);1H. The Balaban J connectivity index is 0.00000320. The number of nitrogens with one attached hydrogen (secondary N) is 1. The minimum Gasteiger partial charge on any atom is -0.493 e. The number of guanidine groups is 1. The quantitative estimate of drug-likeness (QED) is 0.326. The van der Waals surface area contributed by atoms with E-state index >= 15 is 0 Å².